The summed E-state index contributed by atoms with van der Waals surface area (Å²) in [6.07, 6.45) is 1.80. The van der Waals surface area contributed by atoms with E-state index in [0.717, 1.165) is 10.6 Å². The molecule has 1 rings (SSSR count). The van der Waals surface area contributed by atoms with Gasteiger partial charge in [0.1, 0.15) is 0 Å². The predicted molar refractivity (Wildman–Crippen MR) is 49.7 cm³/mol. The molecule has 0 aliphatic rings. The molecule has 1 atom stereocenters. The molecule has 1 unspecified atom stereocenters. The van der Waals surface area contributed by atoms with Crippen molar-refractivity contribution in [1.29, 1.82) is 0 Å². The zero-order valence-electron chi connectivity index (χ0n) is 6.26. The average Bonchev–Trinajstić information content (AvgIpc) is 2.03. The number of hydrogen-bond acceptors (Lipinski definition) is 0. The molecule has 0 aliphatic carbocycles. The lowest BCUT2D eigenvalue weighted by Gasteiger charge is -2.04. The van der Waals surface area contributed by atoms with Gasteiger partial charge in [-0.05, 0) is 24.6 Å². The lowest BCUT2D eigenvalue weighted by atomic mass is 10.0. The minimum atomic E-state index is 0.133. The first-order valence-corrected chi connectivity index (χ1v) is 3.83. The Morgan fingerprint density at radius 3 is 2.73 bits per heavy atom. The lowest BCUT2D eigenvalue weighted by molar-refractivity contribution is 1.09. The average molecular weight is 166 g/mol. The number of allylic oxidation sites excluding steroid dienone is 1. The zero-order chi connectivity index (χ0) is 8.27. The predicted octanol–water partition coefficient (Wildman–Crippen LogP) is 3.44. The molecule has 1 aromatic rings. The van der Waals surface area contributed by atoms with Crippen LogP contribution < -0.4 is 0 Å². The Labute approximate surface area is 72.5 Å². The van der Waals surface area contributed by atoms with Gasteiger partial charge in [0, 0.05) is 10.9 Å². The van der Waals surface area contributed by atoms with Crippen LogP contribution in [0.1, 0.15) is 11.5 Å². The van der Waals surface area contributed by atoms with E-state index in [1.54, 1.807) is 6.08 Å². The summed E-state index contributed by atoms with van der Waals surface area (Å²) >= 11 is 5.78. The van der Waals surface area contributed by atoms with Crippen LogP contribution in [-0.4, -0.2) is 0 Å². The van der Waals surface area contributed by atoms with Gasteiger partial charge in [-0.1, -0.05) is 29.8 Å². The first-order chi connectivity index (χ1) is 5.24. The Morgan fingerprint density at radius 2 is 2.18 bits per heavy atom. The number of halogens is 1. The minimum Gasteiger partial charge on any atom is -0.102 e. The Kier molecular flexibility index (Phi) is 2.72. The second kappa shape index (κ2) is 3.59. The molecule has 11 heavy (non-hydrogen) atoms. The second-order valence-electron chi connectivity index (χ2n) is 2.40. The Hall–Kier alpha value is -0.750. The van der Waals surface area contributed by atoms with E-state index in [0.29, 0.717) is 0 Å². The van der Waals surface area contributed by atoms with E-state index in [2.05, 4.69) is 13.5 Å². The third-order valence-electron chi connectivity index (χ3n) is 1.56. The summed E-state index contributed by atoms with van der Waals surface area (Å²) in [7, 11) is 0. The third kappa shape index (κ3) is 2.09. The fourth-order valence-corrected chi connectivity index (χ4v) is 1.07. The van der Waals surface area contributed by atoms with Gasteiger partial charge in [0.15, 0.2) is 0 Å². The van der Waals surface area contributed by atoms with Gasteiger partial charge in [-0.25, -0.2) is 0 Å². The molecule has 0 N–H and O–H groups in total. The highest BCUT2D eigenvalue weighted by atomic mass is 35.5. The molecule has 57 valence electrons. The van der Waals surface area contributed by atoms with Crippen LogP contribution in [0.5, 0.6) is 0 Å². The van der Waals surface area contributed by atoms with Crippen molar-refractivity contribution in [2.75, 3.05) is 0 Å². The van der Waals surface area contributed by atoms with Crippen molar-refractivity contribution in [2.24, 2.45) is 0 Å². The van der Waals surface area contributed by atoms with E-state index in [-0.39, 0.29) is 5.92 Å². The van der Waals surface area contributed by atoms with Gasteiger partial charge < -0.3 is 0 Å². The van der Waals surface area contributed by atoms with Crippen molar-refractivity contribution in [3.63, 3.8) is 0 Å². The van der Waals surface area contributed by atoms with Crippen molar-refractivity contribution < 1.29 is 0 Å². The van der Waals surface area contributed by atoms with Crippen LogP contribution in [0.3, 0.4) is 0 Å². The Balaban J connectivity index is 2.95. The van der Waals surface area contributed by atoms with Crippen LogP contribution >= 0.6 is 11.6 Å². The van der Waals surface area contributed by atoms with Crippen LogP contribution in [0.2, 0.25) is 5.02 Å². The molecule has 0 amide bonds. The molecule has 1 aromatic carbocycles. The SMILES string of the molecule is [CH2]C(C=C)c1cccc(Cl)c1. The second-order valence-corrected chi connectivity index (χ2v) is 2.83. The molecule has 0 heterocycles. The summed E-state index contributed by atoms with van der Waals surface area (Å²) in [5, 5.41) is 0.748. The highest BCUT2D eigenvalue weighted by Gasteiger charge is 1.99. The van der Waals surface area contributed by atoms with Crippen molar-refractivity contribution in [2.45, 2.75) is 5.92 Å². The molecule has 1 heteroatoms. The first-order valence-electron chi connectivity index (χ1n) is 3.45. The van der Waals surface area contributed by atoms with E-state index >= 15 is 0 Å². The topological polar surface area (TPSA) is 0 Å². The monoisotopic (exact) mass is 165 g/mol. The van der Waals surface area contributed by atoms with E-state index in [1.807, 2.05) is 24.3 Å². The largest absolute Gasteiger partial charge is 0.102 e. The fourth-order valence-electron chi connectivity index (χ4n) is 0.873. The fraction of sp³-hybridized carbons (Fsp3) is 0.100. The maximum Gasteiger partial charge on any atom is 0.0408 e. The zero-order valence-corrected chi connectivity index (χ0v) is 7.01. The van der Waals surface area contributed by atoms with Gasteiger partial charge in [0.05, 0.1) is 0 Å². The van der Waals surface area contributed by atoms with Crippen molar-refractivity contribution in [3.8, 4) is 0 Å². The maximum absolute atomic E-state index is 5.78. The van der Waals surface area contributed by atoms with E-state index < -0.39 is 0 Å². The third-order valence-corrected chi connectivity index (χ3v) is 1.80. The van der Waals surface area contributed by atoms with Gasteiger partial charge in [0.2, 0.25) is 0 Å². The molecular weight excluding hydrogens is 156 g/mol. The molecular formula is C10H10Cl. The van der Waals surface area contributed by atoms with Crippen LogP contribution in [-0.2, 0) is 0 Å². The van der Waals surface area contributed by atoms with Crippen LogP contribution in [0.15, 0.2) is 36.9 Å². The maximum atomic E-state index is 5.78. The first kappa shape index (κ1) is 8.35. The normalized spacial score (nSPS) is 12.5. The molecule has 0 saturated carbocycles. The van der Waals surface area contributed by atoms with Crippen molar-refractivity contribution in [3.05, 3.63) is 54.4 Å². The molecule has 0 fully saturated rings. The smallest absolute Gasteiger partial charge is 0.0408 e. The van der Waals surface area contributed by atoms with E-state index in [4.69, 9.17) is 11.6 Å². The summed E-state index contributed by atoms with van der Waals surface area (Å²) in [6, 6.07) is 7.66. The quantitative estimate of drug-likeness (QED) is 0.589. The van der Waals surface area contributed by atoms with Gasteiger partial charge in [-0.3, -0.25) is 0 Å². The summed E-state index contributed by atoms with van der Waals surface area (Å²) in [6.45, 7) is 7.55. The van der Waals surface area contributed by atoms with Gasteiger partial charge in [-0.2, -0.15) is 0 Å². The summed E-state index contributed by atoms with van der Waals surface area (Å²) in [4.78, 5) is 0. The molecule has 0 spiro atoms. The van der Waals surface area contributed by atoms with E-state index in [1.165, 1.54) is 0 Å². The molecule has 0 aromatic heterocycles. The highest BCUT2D eigenvalue weighted by molar-refractivity contribution is 6.30. The molecule has 0 bridgehead atoms. The number of benzene rings is 1. The Bertz CT molecular complexity index is 253. The van der Waals surface area contributed by atoms with Crippen LogP contribution in [0.4, 0.5) is 0 Å². The van der Waals surface area contributed by atoms with Gasteiger partial charge >= 0.3 is 0 Å². The summed E-state index contributed by atoms with van der Waals surface area (Å²) in [5.74, 6) is 0.133. The van der Waals surface area contributed by atoms with Gasteiger partial charge in [0.25, 0.3) is 0 Å². The lowest BCUT2D eigenvalue weighted by Crippen LogP contribution is -1.87. The Morgan fingerprint density at radius 1 is 1.45 bits per heavy atom. The standard InChI is InChI=1S/C10H10Cl/c1-3-8(2)9-5-4-6-10(11)7-9/h3-8H,1-2H2. The highest BCUT2D eigenvalue weighted by Crippen LogP contribution is 2.19. The van der Waals surface area contributed by atoms with Crippen molar-refractivity contribution >= 4 is 11.6 Å². The van der Waals surface area contributed by atoms with E-state index in [9.17, 15) is 0 Å². The number of rotatable bonds is 2. The molecule has 0 aliphatic heterocycles. The molecule has 1 radical (unpaired) electrons. The number of hydrogen-bond donors (Lipinski definition) is 0. The minimum absolute atomic E-state index is 0.133. The van der Waals surface area contributed by atoms with Crippen molar-refractivity contribution in [1.82, 2.24) is 0 Å². The molecule has 0 nitrogen and oxygen atoms in total. The van der Waals surface area contributed by atoms with Crippen LogP contribution in [0, 0.1) is 6.92 Å². The van der Waals surface area contributed by atoms with Gasteiger partial charge in [-0.15, -0.1) is 6.58 Å². The summed E-state index contributed by atoms with van der Waals surface area (Å²) in [5.41, 5.74) is 1.10. The van der Waals surface area contributed by atoms with Crippen LogP contribution in [0.25, 0.3) is 0 Å². The molecule has 0 saturated heterocycles. The summed E-state index contributed by atoms with van der Waals surface area (Å²) < 4.78 is 0.